The Balaban J connectivity index is 2.14. The average molecular weight is 292 g/mol. The van der Waals surface area contributed by atoms with Gasteiger partial charge in [-0.05, 0) is 26.0 Å². The number of ether oxygens (including phenoxy) is 1. The predicted molar refractivity (Wildman–Crippen MR) is 78.0 cm³/mol. The van der Waals surface area contributed by atoms with E-state index in [-0.39, 0.29) is 12.5 Å². The Labute approximate surface area is 123 Å². The number of anilines is 1. The van der Waals surface area contributed by atoms with Gasteiger partial charge in [0.05, 0.1) is 6.61 Å². The van der Waals surface area contributed by atoms with Crippen molar-refractivity contribution in [1.29, 1.82) is 0 Å². The topological polar surface area (TPSA) is 78.9 Å². The highest BCUT2D eigenvalue weighted by atomic mass is 16.5. The van der Waals surface area contributed by atoms with E-state index in [0.717, 1.165) is 11.3 Å². The summed E-state index contributed by atoms with van der Waals surface area (Å²) >= 11 is 0. The van der Waals surface area contributed by atoms with Crippen LogP contribution in [-0.4, -0.2) is 48.8 Å². The molecule has 0 aliphatic carbocycles. The van der Waals surface area contributed by atoms with E-state index in [9.17, 15) is 14.7 Å². The van der Waals surface area contributed by atoms with Crippen LogP contribution in [0, 0.1) is 6.92 Å². The van der Waals surface area contributed by atoms with E-state index < -0.39 is 18.1 Å². The molecule has 0 radical (unpaired) electrons. The molecule has 1 amide bonds. The molecule has 0 spiro atoms. The molecular weight excluding hydrogens is 272 g/mol. The van der Waals surface area contributed by atoms with Crippen molar-refractivity contribution >= 4 is 17.6 Å². The van der Waals surface area contributed by atoms with Gasteiger partial charge < -0.3 is 20.1 Å². The van der Waals surface area contributed by atoms with Gasteiger partial charge in [0, 0.05) is 18.8 Å². The predicted octanol–water partition coefficient (Wildman–Crippen LogP) is 0.224. The quantitative estimate of drug-likeness (QED) is 0.776. The molecule has 1 saturated heterocycles. The fraction of sp³-hybridized carbons (Fsp3) is 0.467. The normalized spacial score (nSPS) is 20.2. The minimum atomic E-state index is -1.49. The molecule has 1 aromatic rings. The number of amides is 1. The number of nitrogens with zero attached hydrogens (tertiary/aromatic N) is 1. The summed E-state index contributed by atoms with van der Waals surface area (Å²) in [5.41, 5.74) is 1.86. The molecule has 2 atom stereocenters. The first-order chi connectivity index (χ1) is 10.0. The van der Waals surface area contributed by atoms with Gasteiger partial charge in [-0.3, -0.25) is 4.79 Å². The van der Waals surface area contributed by atoms with Crippen LogP contribution < -0.4 is 10.2 Å². The Morgan fingerprint density at radius 2 is 2.14 bits per heavy atom. The molecule has 1 aromatic carbocycles. The number of rotatable bonds is 4. The SMILES string of the molecule is CCOC(=O)C(O)C1NCCN(c2ccc(C)cc2)C1=O. The summed E-state index contributed by atoms with van der Waals surface area (Å²) in [6.07, 6.45) is -1.49. The summed E-state index contributed by atoms with van der Waals surface area (Å²) in [6.45, 7) is 4.78. The van der Waals surface area contributed by atoms with Crippen LogP contribution >= 0.6 is 0 Å². The zero-order valence-corrected chi connectivity index (χ0v) is 12.2. The number of benzene rings is 1. The molecule has 6 nitrogen and oxygen atoms in total. The van der Waals surface area contributed by atoms with Gasteiger partial charge in [0.15, 0.2) is 6.10 Å². The highest BCUT2D eigenvalue weighted by Crippen LogP contribution is 2.19. The van der Waals surface area contributed by atoms with Crippen LogP contribution in [0.15, 0.2) is 24.3 Å². The molecule has 2 N–H and O–H groups in total. The number of aliphatic hydroxyl groups excluding tert-OH is 1. The van der Waals surface area contributed by atoms with Gasteiger partial charge in [-0.25, -0.2) is 4.79 Å². The molecule has 2 unspecified atom stereocenters. The van der Waals surface area contributed by atoms with Crippen molar-refractivity contribution in [1.82, 2.24) is 5.32 Å². The number of aliphatic hydroxyl groups is 1. The average Bonchev–Trinajstić information content (AvgIpc) is 2.48. The Bertz CT molecular complexity index is 515. The summed E-state index contributed by atoms with van der Waals surface area (Å²) in [6, 6.07) is 6.57. The van der Waals surface area contributed by atoms with E-state index in [4.69, 9.17) is 4.74 Å². The summed E-state index contributed by atoms with van der Waals surface area (Å²) in [7, 11) is 0. The largest absolute Gasteiger partial charge is 0.464 e. The highest BCUT2D eigenvalue weighted by Gasteiger charge is 2.38. The van der Waals surface area contributed by atoms with Crippen molar-refractivity contribution in [2.24, 2.45) is 0 Å². The van der Waals surface area contributed by atoms with Crippen LogP contribution in [0.1, 0.15) is 12.5 Å². The number of esters is 1. The summed E-state index contributed by atoms with van der Waals surface area (Å²) in [5, 5.41) is 12.8. The Hall–Kier alpha value is -1.92. The minimum absolute atomic E-state index is 0.165. The second kappa shape index (κ2) is 6.69. The van der Waals surface area contributed by atoms with E-state index in [1.807, 2.05) is 31.2 Å². The molecule has 0 saturated carbocycles. The summed E-state index contributed by atoms with van der Waals surface area (Å²) in [5.74, 6) is -1.11. The van der Waals surface area contributed by atoms with Crippen molar-refractivity contribution in [3.05, 3.63) is 29.8 Å². The molecule has 0 aromatic heterocycles. The van der Waals surface area contributed by atoms with Gasteiger partial charge in [-0.15, -0.1) is 0 Å². The number of nitrogens with one attached hydrogen (secondary N) is 1. The van der Waals surface area contributed by atoms with Crippen LogP contribution in [0.25, 0.3) is 0 Å². The second-order valence-electron chi connectivity index (χ2n) is 4.95. The first kappa shape index (κ1) is 15.5. The lowest BCUT2D eigenvalue weighted by atomic mass is 10.1. The van der Waals surface area contributed by atoms with Crippen LogP contribution in [0.5, 0.6) is 0 Å². The van der Waals surface area contributed by atoms with Crippen molar-refractivity contribution in [3.63, 3.8) is 0 Å². The van der Waals surface area contributed by atoms with Crippen LogP contribution in [0.4, 0.5) is 5.69 Å². The lowest BCUT2D eigenvalue weighted by Gasteiger charge is -2.34. The molecule has 0 bridgehead atoms. The van der Waals surface area contributed by atoms with Crippen LogP contribution in [0.3, 0.4) is 0 Å². The fourth-order valence-electron chi connectivity index (χ4n) is 2.29. The first-order valence-corrected chi connectivity index (χ1v) is 7.00. The number of hydrogen-bond acceptors (Lipinski definition) is 5. The smallest absolute Gasteiger partial charge is 0.337 e. The minimum Gasteiger partial charge on any atom is -0.464 e. The van der Waals surface area contributed by atoms with Crippen molar-refractivity contribution in [2.45, 2.75) is 26.0 Å². The molecule has 2 rings (SSSR count). The third-order valence-electron chi connectivity index (χ3n) is 3.42. The van der Waals surface area contributed by atoms with Crippen LogP contribution in [0.2, 0.25) is 0 Å². The van der Waals surface area contributed by atoms with E-state index in [1.54, 1.807) is 11.8 Å². The number of hydrogen-bond donors (Lipinski definition) is 2. The maximum absolute atomic E-state index is 12.5. The van der Waals surface area contributed by atoms with Gasteiger partial charge in [-0.2, -0.15) is 0 Å². The first-order valence-electron chi connectivity index (χ1n) is 7.00. The van der Waals surface area contributed by atoms with Crippen molar-refractivity contribution in [2.75, 3.05) is 24.6 Å². The number of carbonyl (C=O) groups excluding carboxylic acids is 2. The monoisotopic (exact) mass is 292 g/mol. The summed E-state index contributed by atoms with van der Waals surface area (Å²) in [4.78, 5) is 25.6. The molecule has 1 heterocycles. The zero-order chi connectivity index (χ0) is 15.4. The lowest BCUT2D eigenvalue weighted by Crippen LogP contribution is -2.61. The molecule has 1 aliphatic heterocycles. The van der Waals surface area contributed by atoms with E-state index in [2.05, 4.69) is 5.32 Å². The molecule has 114 valence electrons. The standard InChI is InChI=1S/C15H20N2O4/c1-3-21-15(20)13(18)12-14(19)17(9-8-16-12)11-6-4-10(2)5-7-11/h4-7,12-13,16,18H,3,8-9H2,1-2H3. The van der Waals surface area contributed by atoms with Gasteiger partial charge in [0.1, 0.15) is 6.04 Å². The van der Waals surface area contributed by atoms with E-state index >= 15 is 0 Å². The summed E-state index contributed by atoms with van der Waals surface area (Å²) < 4.78 is 4.76. The van der Waals surface area contributed by atoms with E-state index in [1.165, 1.54) is 0 Å². The molecule has 1 aliphatic rings. The second-order valence-corrected chi connectivity index (χ2v) is 4.95. The van der Waals surface area contributed by atoms with Crippen molar-refractivity contribution in [3.8, 4) is 0 Å². The maximum atomic E-state index is 12.5. The highest BCUT2D eigenvalue weighted by molar-refractivity contribution is 6.01. The Morgan fingerprint density at radius 1 is 1.48 bits per heavy atom. The number of aryl methyl sites for hydroxylation is 1. The maximum Gasteiger partial charge on any atom is 0.337 e. The molecule has 6 heteroatoms. The van der Waals surface area contributed by atoms with E-state index in [0.29, 0.717) is 13.1 Å². The molecular formula is C15H20N2O4. The number of carbonyl (C=O) groups is 2. The number of piperazine rings is 1. The Morgan fingerprint density at radius 3 is 2.76 bits per heavy atom. The molecule has 21 heavy (non-hydrogen) atoms. The fourth-order valence-corrected chi connectivity index (χ4v) is 2.29. The third-order valence-corrected chi connectivity index (χ3v) is 3.42. The Kier molecular flexibility index (Phi) is 4.93. The zero-order valence-electron chi connectivity index (χ0n) is 12.2. The van der Waals surface area contributed by atoms with Gasteiger partial charge in [0.2, 0.25) is 5.91 Å². The van der Waals surface area contributed by atoms with Gasteiger partial charge >= 0.3 is 5.97 Å². The van der Waals surface area contributed by atoms with Gasteiger partial charge in [-0.1, -0.05) is 17.7 Å². The van der Waals surface area contributed by atoms with Crippen molar-refractivity contribution < 1.29 is 19.4 Å². The third kappa shape index (κ3) is 3.40. The lowest BCUT2D eigenvalue weighted by molar-refractivity contribution is -0.156. The van der Waals surface area contributed by atoms with Crippen LogP contribution in [-0.2, 0) is 14.3 Å². The molecule has 1 fully saturated rings. The van der Waals surface area contributed by atoms with Gasteiger partial charge in [0.25, 0.3) is 0 Å².